The van der Waals surface area contributed by atoms with Crippen molar-refractivity contribution in [3.63, 3.8) is 0 Å². The Labute approximate surface area is 452 Å². The predicted octanol–water partition coefficient (Wildman–Crippen LogP) is 4.37. The molecule has 3 fully saturated rings. The second kappa shape index (κ2) is 28.9. The zero-order valence-electron chi connectivity index (χ0n) is 46.6. The first kappa shape index (κ1) is 63.7. The molecule has 0 aliphatic carbocycles. The van der Waals surface area contributed by atoms with Gasteiger partial charge in [0.2, 0.25) is 0 Å². The van der Waals surface area contributed by atoms with Crippen LogP contribution in [0.1, 0.15) is 97.9 Å². The molecule has 4 aliphatic heterocycles. The molecule has 2 aromatic carbocycles. The third-order valence-electron chi connectivity index (χ3n) is 15.4. The fourth-order valence-electron chi connectivity index (χ4n) is 10.8. The van der Waals surface area contributed by atoms with Crippen LogP contribution in [0.25, 0.3) is 10.8 Å². The van der Waals surface area contributed by atoms with E-state index in [2.05, 4.69) is 0 Å². The van der Waals surface area contributed by atoms with Crippen molar-refractivity contribution in [1.82, 2.24) is 4.90 Å². The van der Waals surface area contributed by atoms with E-state index in [4.69, 9.17) is 47.7 Å². The zero-order valence-corrected chi connectivity index (χ0v) is 46.6. The number of ketones is 1. The highest BCUT2D eigenvalue weighted by Crippen LogP contribution is 2.38. The highest BCUT2D eigenvalue weighted by Gasteiger charge is 2.52. The summed E-state index contributed by atoms with van der Waals surface area (Å²) < 4.78 is 54.7. The number of fused-ring (bicyclic) bond motifs is 1. The number of allylic oxidation sites excluding steroid dienone is 3. The molecule has 21 atom stereocenters. The van der Waals surface area contributed by atoms with Crippen molar-refractivity contribution in [3.8, 4) is 0 Å². The Morgan fingerprint density at radius 3 is 2.10 bits per heavy atom. The number of cyclic esters (lactones) is 1. The molecule has 0 aromatic heterocycles. The number of esters is 1. The smallest absolute Gasteiger partial charge is 0.335 e. The van der Waals surface area contributed by atoms with Crippen LogP contribution in [0.4, 0.5) is 0 Å². The molecular weight excluding hydrogens is 1000 g/mol. The number of aliphatic hydroxyl groups excluding tert-OH is 4. The molecule has 6 rings (SSSR count). The number of ether oxygens (including phenoxy) is 9. The van der Waals surface area contributed by atoms with Crippen LogP contribution in [0.2, 0.25) is 0 Å². The Morgan fingerprint density at radius 2 is 1.49 bits per heavy atom. The lowest BCUT2D eigenvalue weighted by Crippen LogP contribution is -2.65. The number of aromatic carboxylic acids is 1. The number of benzene rings is 2. The summed E-state index contributed by atoms with van der Waals surface area (Å²) in [4.78, 5) is 52.2. The van der Waals surface area contributed by atoms with Crippen LogP contribution < -0.4 is 0 Å². The lowest BCUT2D eigenvalue weighted by atomic mass is 9.79. The molecule has 4 heterocycles. The monoisotopic (exact) mass is 1090 g/mol. The average Bonchev–Trinajstić information content (AvgIpc) is 3.39. The van der Waals surface area contributed by atoms with Gasteiger partial charge in [0.15, 0.2) is 24.7 Å². The summed E-state index contributed by atoms with van der Waals surface area (Å²) in [5.41, 5.74) is -0.474. The number of methoxy groups -OCH3 is 2. The van der Waals surface area contributed by atoms with E-state index in [0.717, 1.165) is 17.1 Å². The van der Waals surface area contributed by atoms with Crippen LogP contribution in [0.3, 0.4) is 0 Å². The molecule has 77 heavy (non-hydrogen) atoms. The number of aliphatic hydroxyl groups is 5. The van der Waals surface area contributed by atoms with Crippen LogP contribution in [0, 0.1) is 23.7 Å². The maximum absolute atomic E-state index is 13.8. The van der Waals surface area contributed by atoms with E-state index in [1.807, 2.05) is 50.3 Å². The first-order valence-electron chi connectivity index (χ1n) is 26.7. The van der Waals surface area contributed by atoms with Crippen LogP contribution >= 0.6 is 0 Å². The third kappa shape index (κ3) is 16.5. The number of carboxylic acids is 1. The second-order valence-corrected chi connectivity index (χ2v) is 21.6. The number of hydrogen-bond donors (Lipinski definition) is 6. The highest BCUT2D eigenvalue weighted by molar-refractivity contribution is 5.94. The molecular formula is C57H85NO19. The summed E-state index contributed by atoms with van der Waals surface area (Å²) in [5, 5.41) is 66.5. The largest absolute Gasteiger partial charge is 0.478 e. The molecule has 1 unspecified atom stereocenters. The predicted molar refractivity (Wildman–Crippen MR) is 281 cm³/mol. The summed E-state index contributed by atoms with van der Waals surface area (Å²) >= 11 is 0. The summed E-state index contributed by atoms with van der Waals surface area (Å²) in [7, 11) is 6.43. The zero-order chi connectivity index (χ0) is 57.1. The number of likely N-dealkylation sites (N-methyl/N-ethyl adjacent to an activating group) is 1. The maximum atomic E-state index is 13.8. The van der Waals surface area contributed by atoms with E-state index in [9.17, 15) is 44.7 Å². The Bertz CT molecular complexity index is 2290. The topological polar surface area (TPSA) is 276 Å². The minimum Gasteiger partial charge on any atom is -0.478 e. The fraction of sp³-hybridized carbons (Fsp3) is 0.684. The van der Waals surface area contributed by atoms with Crippen molar-refractivity contribution in [1.29, 1.82) is 0 Å². The fourth-order valence-corrected chi connectivity index (χ4v) is 10.8. The Balaban J connectivity index is 0.000000725. The van der Waals surface area contributed by atoms with Gasteiger partial charge in [-0.3, -0.25) is 9.59 Å². The first-order valence-corrected chi connectivity index (χ1v) is 26.7. The van der Waals surface area contributed by atoms with Crippen LogP contribution in [0.15, 0.2) is 66.3 Å². The quantitative estimate of drug-likeness (QED) is 0.113. The molecule has 0 bridgehead atoms. The van der Waals surface area contributed by atoms with Crippen molar-refractivity contribution in [2.75, 3.05) is 34.9 Å². The normalized spacial score (nSPS) is 39.9. The molecule has 2 aromatic rings. The molecule has 0 spiro atoms. The Morgan fingerprint density at radius 1 is 0.831 bits per heavy atom. The van der Waals surface area contributed by atoms with Crippen LogP contribution in [0.5, 0.6) is 0 Å². The van der Waals surface area contributed by atoms with Crippen LogP contribution in [-0.4, -0.2) is 198 Å². The van der Waals surface area contributed by atoms with Crippen molar-refractivity contribution in [2.45, 2.75) is 191 Å². The maximum Gasteiger partial charge on any atom is 0.335 e. The van der Waals surface area contributed by atoms with Gasteiger partial charge in [0.25, 0.3) is 0 Å². The third-order valence-corrected chi connectivity index (χ3v) is 15.4. The van der Waals surface area contributed by atoms with Gasteiger partial charge in [-0.25, -0.2) is 4.79 Å². The van der Waals surface area contributed by atoms with Crippen LogP contribution in [-0.2, 0) is 57.0 Å². The molecule has 0 radical (unpaired) electrons. The molecule has 0 saturated carbocycles. The van der Waals surface area contributed by atoms with Gasteiger partial charge < -0.3 is 83.0 Å². The lowest BCUT2D eigenvalue weighted by molar-refractivity contribution is -0.341. The number of carboxylic acid groups (broad SMARTS) is 1. The SMILES string of the molecule is CC[C@H]1OC(=O)C[C@@H](O)[C@H](C)[C@@H](O[C@H]2O[C@H](C)[C@@H](O[C@H]3C[C@@](C)(O)[C@@H](O)[C@H](C)O3)[C@H](N(C)C)[C@H]2O)[C@@H](CC=O)C[C@@H](C)C(=O)/C=C/C(C)=C/C1CO[C@@H]1O[C@H](C)[C@@H](O)[C@@H](OC)[C@H]1OC.O=C(O)c1ccc2ccccc2c1. The molecule has 20 heteroatoms. The Kier molecular flexibility index (Phi) is 23.9. The molecule has 3 saturated heterocycles. The van der Waals surface area contributed by atoms with E-state index in [0.29, 0.717) is 17.6 Å². The lowest BCUT2D eigenvalue weighted by Gasteiger charge is -2.50. The van der Waals surface area contributed by atoms with Gasteiger partial charge in [0, 0.05) is 44.8 Å². The van der Waals surface area contributed by atoms with Gasteiger partial charge in [-0.15, -0.1) is 0 Å². The van der Waals surface area contributed by atoms with Gasteiger partial charge in [-0.05, 0) is 96.5 Å². The van der Waals surface area contributed by atoms with Gasteiger partial charge in [-0.1, -0.05) is 68.8 Å². The minimum atomic E-state index is -1.49. The van der Waals surface area contributed by atoms with E-state index in [-0.39, 0.29) is 31.7 Å². The highest BCUT2D eigenvalue weighted by atomic mass is 16.7. The molecule has 20 nitrogen and oxygen atoms in total. The van der Waals surface area contributed by atoms with E-state index in [1.165, 1.54) is 27.2 Å². The minimum absolute atomic E-state index is 0.00788. The molecule has 432 valence electrons. The molecule has 4 aliphatic rings. The number of rotatable bonds is 14. The summed E-state index contributed by atoms with van der Waals surface area (Å²) in [6.07, 6.45) is -8.49. The number of carbonyl (C=O) groups excluding carboxylic acids is 3. The van der Waals surface area contributed by atoms with Crippen molar-refractivity contribution >= 4 is 34.8 Å². The molecule has 6 N–H and O–H groups in total. The van der Waals surface area contributed by atoms with Gasteiger partial charge in [0.05, 0.1) is 60.8 Å². The van der Waals surface area contributed by atoms with Gasteiger partial charge in [0.1, 0.15) is 49.0 Å². The van der Waals surface area contributed by atoms with Gasteiger partial charge >= 0.3 is 11.9 Å². The summed E-state index contributed by atoms with van der Waals surface area (Å²) in [6, 6.07) is 12.1. The summed E-state index contributed by atoms with van der Waals surface area (Å²) in [5.74, 6) is -4.47. The van der Waals surface area contributed by atoms with Crippen molar-refractivity contribution in [3.05, 3.63) is 71.8 Å². The average molecular weight is 1090 g/mol. The Hall–Kier alpha value is -4.10. The first-order chi connectivity index (χ1) is 36.3. The van der Waals surface area contributed by atoms with Crippen molar-refractivity contribution < 1.29 is 92.4 Å². The molecule has 0 amide bonds. The number of nitrogens with zero attached hydrogens (tertiary/aromatic N) is 1. The standard InChI is InChI=1S/C46H77NO17.C11H8O2/c1-13-33-30(22-58-45-42(57-12)41(56-11)37(52)26(5)60-45)18-23(2)14-15-31(49)24(3)19-29(16-17-48)39(25(4)32(50)20-34(51)62-33)64-44-38(53)36(47(9)10)40(27(6)61-44)63-35-21-46(8,55)43(54)28(7)59-35;12-11(13)10-6-5-8-3-1-2-4-9(8)7-10/h14-15,17-18,24-30,32-33,35-45,50,52-55H,13,16,19-22H2,1-12H3;1-7H,(H,12,13)/b15-14+,23-18+;/t24-,25+,26-,27-,28+,29+,30?,32-,33-,35+,36-,37-,38-,39-,40-,41-,42-,43+,44-,45-,46-;/m1./s1. The second-order valence-electron chi connectivity index (χ2n) is 21.6. The number of carbonyl (C=O) groups is 4. The van der Waals surface area contributed by atoms with E-state index < -0.39 is 146 Å². The van der Waals surface area contributed by atoms with E-state index >= 15 is 0 Å². The number of hydrogen-bond acceptors (Lipinski definition) is 19. The summed E-state index contributed by atoms with van der Waals surface area (Å²) in [6.45, 7) is 13.6. The number of aldehydes is 1. The van der Waals surface area contributed by atoms with Gasteiger partial charge in [-0.2, -0.15) is 0 Å². The van der Waals surface area contributed by atoms with Crippen molar-refractivity contribution in [2.24, 2.45) is 23.7 Å². The van der Waals surface area contributed by atoms with E-state index in [1.54, 1.807) is 71.8 Å².